The fraction of sp³-hybridized carbons (Fsp3) is 0.821. The lowest BCUT2D eigenvalue weighted by molar-refractivity contribution is -0.127. The smallest absolute Gasteiger partial charge is 0.133 e. The Hall–Kier alpha value is -0.850. The molecular formula is C28H44O. The number of ketones is 1. The molecule has 0 N–H and O–H groups in total. The molecular weight excluding hydrogens is 352 g/mol. The number of Topliss-reactive ketones (excluding diaryl/α,β-unsaturated/α-hetero) is 1. The molecule has 8 atom stereocenters. The first-order valence-electron chi connectivity index (χ1n) is 12.6. The van der Waals surface area contributed by atoms with E-state index in [-0.39, 0.29) is 0 Å². The fourth-order valence-corrected chi connectivity index (χ4v) is 7.91. The maximum Gasteiger partial charge on any atom is 0.133 e. The Balaban J connectivity index is 1.55. The maximum atomic E-state index is 12.1. The number of hydrogen-bond donors (Lipinski definition) is 0. The molecule has 0 aromatic carbocycles. The Kier molecular flexibility index (Phi) is 5.67. The molecule has 1 nitrogen and oxygen atoms in total. The molecule has 0 spiro atoms. The van der Waals surface area contributed by atoms with Crippen molar-refractivity contribution in [2.45, 2.75) is 92.9 Å². The molecule has 1 heteroatoms. The number of carbonyl (C=O) groups excluding carboxylic acids is 1. The van der Waals surface area contributed by atoms with Gasteiger partial charge >= 0.3 is 0 Å². The highest BCUT2D eigenvalue weighted by molar-refractivity contribution is 5.79. The lowest BCUT2D eigenvalue weighted by Gasteiger charge is -2.57. The third-order valence-corrected chi connectivity index (χ3v) is 10.4. The van der Waals surface area contributed by atoms with Crippen molar-refractivity contribution in [1.82, 2.24) is 0 Å². The van der Waals surface area contributed by atoms with Crippen molar-refractivity contribution in [2.24, 2.45) is 52.3 Å². The molecule has 0 aromatic heterocycles. The summed E-state index contributed by atoms with van der Waals surface area (Å²) in [6.07, 6.45) is 17.2. The van der Waals surface area contributed by atoms with Gasteiger partial charge < -0.3 is 0 Å². The summed E-state index contributed by atoms with van der Waals surface area (Å²) in [7, 11) is 0. The van der Waals surface area contributed by atoms with Crippen LogP contribution in [0.1, 0.15) is 92.9 Å². The second-order valence-corrected chi connectivity index (χ2v) is 12.1. The van der Waals surface area contributed by atoms with Crippen molar-refractivity contribution in [1.29, 1.82) is 0 Å². The molecule has 0 amide bonds. The molecule has 0 saturated heterocycles. The minimum Gasteiger partial charge on any atom is -0.300 e. The maximum absolute atomic E-state index is 12.1. The first-order chi connectivity index (χ1) is 13.7. The van der Waals surface area contributed by atoms with E-state index in [1.807, 2.05) is 5.57 Å². The first kappa shape index (κ1) is 21.4. The first-order valence-corrected chi connectivity index (χ1v) is 12.6. The zero-order chi connectivity index (χ0) is 21.0. The van der Waals surface area contributed by atoms with Crippen molar-refractivity contribution in [3.05, 3.63) is 23.8 Å². The van der Waals surface area contributed by atoms with Crippen LogP contribution in [-0.4, -0.2) is 5.78 Å². The number of carbonyl (C=O) groups is 1. The third kappa shape index (κ3) is 3.49. The molecule has 0 aromatic rings. The number of allylic oxidation sites excluding steroid dienone is 4. The monoisotopic (exact) mass is 396 g/mol. The minimum atomic E-state index is 0.385. The van der Waals surface area contributed by atoms with Gasteiger partial charge in [-0.25, -0.2) is 0 Å². The fourth-order valence-electron chi connectivity index (χ4n) is 7.91. The SMILES string of the molecule is CC(C)C(C)/C=C/C(C)[C@H]1CC[C@H]2C3=CC[C@H]4CC(=O)CC[C@]4(C)[C@H]3CC[C@]12C. The Morgan fingerprint density at radius 1 is 0.966 bits per heavy atom. The van der Waals surface area contributed by atoms with Crippen LogP contribution < -0.4 is 0 Å². The topological polar surface area (TPSA) is 17.1 Å². The highest BCUT2D eigenvalue weighted by Gasteiger charge is 2.57. The number of hydrogen-bond acceptors (Lipinski definition) is 1. The second-order valence-electron chi connectivity index (χ2n) is 12.1. The van der Waals surface area contributed by atoms with E-state index in [0.29, 0.717) is 34.4 Å². The summed E-state index contributed by atoms with van der Waals surface area (Å²) in [5.74, 6) is 5.57. The van der Waals surface area contributed by atoms with E-state index in [1.54, 1.807) is 0 Å². The molecule has 0 heterocycles. The van der Waals surface area contributed by atoms with Crippen LogP contribution in [0.4, 0.5) is 0 Å². The third-order valence-electron chi connectivity index (χ3n) is 10.4. The zero-order valence-electron chi connectivity index (χ0n) is 19.8. The molecule has 0 radical (unpaired) electrons. The normalized spacial score (nSPS) is 44.2. The standard InChI is InChI=1S/C28H44O/c1-18(2)19(3)7-8-20(4)24-11-12-25-23-10-9-21-17-22(29)13-15-27(21,5)26(23)14-16-28(24,25)6/h7-8,10,18-21,24-26H,9,11-17H2,1-6H3/b8-7+/t19?,20?,21-,24+,25-,26-,27-,28+/m0/s1. The van der Waals surface area contributed by atoms with Gasteiger partial charge in [-0.3, -0.25) is 4.79 Å². The molecule has 4 aliphatic carbocycles. The molecule has 4 rings (SSSR count). The van der Waals surface area contributed by atoms with E-state index < -0.39 is 0 Å². The van der Waals surface area contributed by atoms with Gasteiger partial charge in [-0.1, -0.05) is 65.3 Å². The van der Waals surface area contributed by atoms with E-state index in [9.17, 15) is 4.79 Å². The van der Waals surface area contributed by atoms with E-state index in [2.05, 4.69) is 59.8 Å². The van der Waals surface area contributed by atoms with Crippen LogP contribution in [0.2, 0.25) is 0 Å². The molecule has 3 saturated carbocycles. The molecule has 2 unspecified atom stereocenters. The van der Waals surface area contributed by atoms with Crippen LogP contribution in [-0.2, 0) is 4.79 Å². The highest BCUT2D eigenvalue weighted by atomic mass is 16.1. The van der Waals surface area contributed by atoms with Crippen molar-refractivity contribution >= 4 is 5.78 Å². The summed E-state index contributed by atoms with van der Waals surface area (Å²) >= 11 is 0. The van der Waals surface area contributed by atoms with Gasteiger partial charge in [-0.15, -0.1) is 0 Å². The Bertz CT molecular complexity index is 699. The van der Waals surface area contributed by atoms with Gasteiger partial charge in [-0.2, -0.15) is 0 Å². The van der Waals surface area contributed by atoms with Crippen molar-refractivity contribution in [3.8, 4) is 0 Å². The van der Waals surface area contributed by atoms with Gasteiger partial charge in [0.25, 0.3) is 0 Å². The van der Waals surface area contributed by atoms with Gasteiger partial charge in [0.05, 0.1) is 0 Å². The van der Waals surface area contributed by atoms with Gasteiger partial charge in [0, 0.05) is 12.8 Å². The van der Waals surface area contributed by atoms with Crippen LogP contribution in [0.3, 0.4) is 0 Å². The van der Waals surface area contributed by atoms with Crippen LogP contribution in [0, 0.1) is 52.3 Å². The van der Waals surface area contributed by atoms with Crippen molar-refractivity contribution < 1.29 is 4.79 Å². The molecule has 0 bridgehead atoms. The molecule has 4 aliphatic rings. The Labute approximate surface area is 179 Å². The van der Waals surface area contributed by atoms with E-state index in [4.69, 9.17) is 0 Å². The van der Waals surface area contributed by atoms with Crippen molar-refractivity contribution in [3.63, 3.8) is 0 Å². The summed E-state index contributed by atoms with van der Waals surface area (Å²) in [4.78, 5) is 12.1. The summed E-state index contributed by atoms with van der Waals surface area (Å²) in [5.41, 5.74) is 2.68. The molecule has 29 heavy (non-hydrogen) atoms. The van der Waals surface area contributed by atoms with E-state index >= 15 is 0 Å². The quantitative estimate of drug-likeness (QED) is 0.447. The highest BCUT2D eigenvalue weighted by Crippen LogP contribution is 2.66. The van der Waals surface area contributed by atoms with Gasteiger partial charge in [0.15, 0.2) is 0 Å². The average molecular weight is 397 g/mol. The predicted molar refractivity (Wildman–Crippen MR) is 123 cm³/mol. The van der Waals surface area contributed by atoms with Crippen LogP contribution in [0.15, 0.2) is 23.8 Å². The van der Waals surface area contributed by atoms with Gasteiger partial charge in [0.1, 0.15) is 5.78 Å². The Morgan fingerprint density at radius 3 is 2.41 bits per heavy atom. The summed E-state index contributed by atoms with van der Waals surface area (Å²) in [6, 6.07) is 0. The zero-order valence-corrected chi connectivity index (χ0v) is 19.8. The molecule has 162 valence electrons. The molecule has 0 aliphatic heterocycles. The average Bonchev–Trinajstić information content (AvgIpc) is 3.03. The summed E-state index contributed by atoms with van der Waals surface area (Å²) in [5, 5.41) is 0. The Morgan fingerprint density at radius 2 is 1.69 bits per heavy atom. The largest absolute Gasteiger partial charge is 0.300 e. The number of rotatable bonds is 4. The van der Waals surface area contributed by atoms with Crippen LogP contribution in [0.5, 0.6) is 0 Å². The van der Waals surface area contributed by atoms with Gasteiger partial charge in [0.2, 0.25) is 0 Å². The minimum absolute atomic E-state index is 0.385. The summed E-state index contributed by atoms with van der Waals surface area (Å²) < 4.78 is 0. The van der Waals surface area contributed by atoms with Crippen LogP contribution >= 0.6 is 0 Å². The number of fused-ring (bicyclic) bond motifs is 5. The molecule has 3 fully saturated rings. The summed E-state index contributed by atoms with van der Waals surface area (Å²) in [6.45, 7) is 14.7. The predicted octanol–water partition coefficient (Wildman–Crippen LogP) is 7.62. The van der Waals surface area contributed by atoms with Gasteiger partial charge in [-0.05, 0) is 90.8 Å². The van der Waals surface area contributed by atoms with Crippen LogP contribution in [0.25, 0.3) is 0 Å². The van der Waals surface area contributed by atoms with E-state index in [1.165, 1.54) is 25.7 Å². The second kappa shape index (κ2) is 7.69. The lowest BCUT2D eigenvalue weighted by Crippen LogP contribution is -2.49. The van der Waals surface area contributed by atoms with Crippen molar-refractivity contribution in [2.75, 3.05) is 0 Å². The lowest BCUT2D eigenvalue weighted by atomic mass is 9.48. The van der Waals surface area contributed by atoms with E-state index in [0.717, 1.165) is 49.4 Å².